The van der Waals surface area contributed by atoms with E-state index in [0.717, 1.165) is 5.56 Å². The van der Waals surface area contributed by atoms with E-state index >= 15 is 0 Å². The molecular weight excluding hydrogens is 403 g/mol. The summed E-state index contributed by atoms with van der Waals surface area (Å²) in [6.45, 7) is 2.49. The van der Waals surface area contributed by atoms with Gasteiger partial charge in [0.15, 0.2) is 0 Å². The Morgan fingerprint density at radius 1 is 1.21 bits per heavy atom. The second-order valence-corrected chi connectivity index (χ2v) is 7.86. The van der Waals surface area contributed by atoms with E-state index in [1.165, 1.54) is 19.1 Å². The number of hydrogen-bond donors (Lipinski definition) is 4. The van der Waals surface area contributed by atoms with Gasteiger partial charge in [-0.15, -0.1) is 0 Å². The Labute approximate surface area is 173 Å². The fourth-order valence-electron chi connectivity index (χ4n) is 3.39. The highest BCUT2D eigenvalue weighted by Gasteiger charge is 2.51. The highest BCUT2D eigenvalue weighted by molar-refractivity contribution is 6.30. The third-order valence-electron chi connectivity index (χ3n) is 5.28. The molecule has 0 aliphatic carbocycles. The summed E-state index contributed by atoms with van der Waals surface area (Å²) in [4.78, 5) is 0. The van der Waals surface area contributed by atoms with Crippen molar-refractivity contribution in [3.05, 3.63) is 52.8 Å². The summed E-state index contributed by atoms with van der Waals surface area (Å²) in [6, 6.07) is 9.42. The smallest absolute Gasteiger partial charge is 0.131 e. The first kappa shape index (κ1) is 22.0. The van der Waals surface area contributed by atoms with Gasteiger partial charge in [0.2, 0.25) is 0 Å². The Balaban J connectivity index is 1.76. The number of rotatable bonds is 5. The standard InChI is InChI=1S/C21H24ClFO6/c1-11-7-12(14-8-13(22)4-5-15(14)23)3-6-16(11)28-10-18-21(2,27)20(26)19(25)17(9-24)29-18/h3-8,17-20,24-27H,9-10H2,1-2H3. The average molecular weight is 427 g/mol. The minimum Gasteiger partial charge on any atom is -0.490 e. The fraction of sp³-hybridized carbons (Fsp3) is 0.429. The van der Waals surface area contributed by atoms with Gasteiger partial charge < -0.3 is 29.9 Å². The Morgan fingerprint density at radius 2 is 1.93 bits per heavy atom. The van der Waals surface area contributed by atoms with Crippen molar-refractivity contribution >= 4 is 11.6 Å². The van der Waals surface area contributed by atoms with Crippen LogP contribution in [0.15, 0.2) is 36.4 Å². The van der Waals surface area contributed by atoms with E-state index in [4.69, 9.17) is 21.1 Å². The maximum absolute atomic E-state index is 14.1. The molecule has 0 saturated carbocycles. The lowest BCUT2D eigenvalue weighted by atomic mass is 9.84. The summed E-state index contributed by atoms with van der Waals surface area (Å²) in [5.41, 5.74) is -0.0529. The lowest BCUT2D eigenvalue weighted by Crippen LogP contribution is -2.66. The normalized spacial score (nSPS) is 29.7. The molecule has 5 unspecified atom stereocenters. The summed E-state index contributed by atoms with van der Waals surface area (Å²) in [5.74, 6) is 0.0912. The molecule has 6 nitrogen and oxygen atoms in total. The first-order valence-corrected chi connectivity index (χ1v) is 9.56. The number of aliphatic hydroxyl groups is 4. The molecule has 1 heterocycles. The van der Waals surface area contributed by atoms with Crippen LogP contribution in [0.1, 0.15) is 12.5 Å². The predicted octanol–water partition coefficient (Wildman–Crippen LogP) is 2.07. The Hall–Kier alpha value is -1.74. The molecule has 0 aromatic heterocycles. The van der Waals surface area contributed by atoms with Gasteiger partial charge in [-0.2, -0.15) is 0 Å². The van der Waals surface area contributed by atoms with E-state index < -0.39 is 42.4 Å². The van der Waals surface area contributed by atoms with Crippen molar-refractivity contribution in [1.29, 1.82) is 0 Å². The summed E-state index contributed by atoms with van der Waals surface area (Å²) in [5, 5.41) is 40.3. The molecule has 1 aliphatic heterocycles. The van der Waals surface area contributed by atoms with Crippen molar-refractivity contribution < 1.29 is 34.3 Å². The molecule has 1 aliphatic rings. The number of halogens is 2. The van der Waals surface area contributed by atoms with E-state index in [0.29, 0.717) is 21.9 Å². The zero-order valence-electron chi connectivity index (χ0n) is 16.0. The summed E-state index contributed by atoms with van der Waals surface area (Å²) >= 11 is 5.96. The topological polar surface area (TPSA) is 99.4 Å². The molecule has 4 N–H and O–H groups in total. The van der Waals surface area contributed by atoms with E-state index in [2.05, 4.69) is 0 Å². The van der Waals surface area contributed by atoms with Crippen molar-refractivity contribution in [2.45, 2.75) is 43.9 Å². The van der Waals surface area contributed by atoms with E-state index in [1.54, 1.807) is 31.2 Å². The van der Waals surface area contributed by atoms with Crippen molar-refractivity contribution in [3.8, 4) is 16.9 Å². The Morgan fingerprint density at radius 3 is 2.59 bits per heavy atom. The molecule has 1 saturated heterocycles. The molecular formula is C21H24ClFO6. The van der Waals surface area contributed by atoms with Gasteiger partial charge in [-0.25, -0.2) is 4.39 Å². The van der Waals surface area contributed by atoms with Crippen molar-refractivity contribution in [1.82, 2.24) is 0 Å². The predicted molar refractivity (Wildman–Crippen MR) is 105 cm³/mol. The van der Waals surface area contributed by atoms with Gasteiger partial charge in [0, 0.05) is 10.6 Å². The van der Waals surface area contributed by atoms with E-state index in [-0.39, 0.29) is 6.61 Å². The van der Waals surface area contributed by atoms with Crippen LogP contribution in [0.25, 0.3) is 11.1 Å². The van der Waals surface area contributed by atoms with Crippen LogP contribution in [0.3, 0.4) is 0 Å². The average Bonchev–Trinajstić information content (AvgIpc) is 2.68. The first-order chi connectivity index (χ1) is 13.6. The largest absolute Gasteiger partial charge is 0.490 e. The van der Waals surface area contributed by atoms with Crippen LogP contribution in [0, 0.1) is 12.7 Å². The van der Waals surface area contributed by atoms with Crippen LogP contribution in [-0.2, 0) is 4.74 Å². The van der Waals surface area contributed by atoms with Crippen LogP contribution in [0.2, 0.25) is 5.02 Å². The summed E-state index contributed by atoms with van der Waals surface area (Å²) in [7, 11) is 0. The van der Waals surface area contributed by atoms with E-state index in [9.17, 15) is 24.8 Å². The Kier molecular flexibility index (Phi) is 6.48. The fourth-order valence-corrected chi connectivity index (χ4v) is 3.56. The van der Waals surface area contributed by atoms with Gasteiger partial charge in [0.05, 0.1) is 6.61 Å². The zero-order chi connectivity index (χ0) is 21.3. The number of ether oxygens (including phenoxy) is 2. The molecule has 8 heteroatoms. The monoisotopic (exact) mass is 426 g/mol. The minimum absolute atomic E-state index is 0.126. The molecule has 5 atom stereocenters. The van der Waals surface area contributed by atoms with E-state index in [1.807, 2.05) is 0 Å². The minimum atomic E-state index is -1.77. The number of aryl methyl sites for hydroxylation is 1. The first-order valence-electron chi connectivity index (χ1n) is 9.18. The van der Waals surface area contributed by atoms with Gasteiger partial charge in [0.25, 0.3) is 0 Å². The van der Waals surface area contributed by atoms with Crippen LogP contribution < -0.4 is 4.74 Å². The lowest BCUT2D eigenvalue weighted by Gasteiger charge is -2.46. The van der Waals surface area contributed by atoms with Crippen LogP contribution in [0.4, 0.5) is 4.39 Å². The summed E-state index contributed by atoms with van der Waals surface area (Å²) < 4.78 is 25.4. The molecule has 29 heavy (non-hydrogen) atoms. The lowest BCUT2D eigenvalue weighted by molar-refractivity contribution is -0.272. The highest BCUT2D eigenvalue weighted by Crippen LogP contribution is 2.32. The number of aliphatic hydroxyl groups excluding tert-OH is 3. The third kappa shape index (κ3) is 4.40. The molecule has 1 fully saturated rings. The van der Waals surface area contributed by atoms with Crippen LogP contribution in [-0.4, -0.2) is 63.7 Å². The third-order valence-corrected chi connectivity index (χ3v) is 5.51. The maximum Gasteiger partial charge on any atom is 0.131 e. The SMILES string of the molecule is Cc1cc(-c2cc(Cl)ccc2F)ccc1OCC1OC(CO)C(O)C(O)C1(C)O. The molecule has 2 aromatic rings. The van der Waals surface area contributed by atoms with Crippen LogP contribution in [0.5, 0.6) is 5.75 Å². The maximum atomic E-state index is 14.1. The van der Waals surface area contributed by atoms with Gasteiger partial charge in [-0.1, -0.05) is 17.7 Å². The molecule has 158 valence electrons. The van der Waals surface area contributed by atoms with Crippen LogP contribution >= 0.6 is 11.6 Å². The highest BCUT2D eigenvalue weighted by atomic mass is 35.5. The molecule has 0 spiro atoms. The van der Waals surface area contributed by atoms with Gasteiger partial charge >= 0.3 is 0 Å². The van der Waals surface area contributed by atoms with Gasteiger partial charge in [-0.3, -0.25) is 0 Å². The second-order valence-electron chi connectivity index (χ2n) is 7.42. The van der Waals surface area contributed by atoms with Gasteiger partial charge in [-0.05, 0) is 55.3 Å². The Bertz CT molecular complexity index is 874. The molecule has 3 rings (SSSR count). The second kappa shape index (κ2) is 8.55. The quantitative estimate of drug-likeness (QED) is 0.584. The number of hydrogen-bond acceptors (Lipinski definition) is 6. The molecule has 2 aromatic carbocycles. The number of benzene rings is 2. The van der Waals surface area contributed by atoms with Gasteiger partial charge in [0.1, 0.15) is 48.2 Å². The van der Waals surface area contributed by atoms with Crippen molar-refractivity contribution in [2.24, 2.45) is 0 Å². The van der Waals surface area contributed by atoms with Crippen molar-refractivity contribution in [3.63, 3.8) is 0 Å². The zero-order valence-corrected chi connectivity index (χ0v) is 16.8. The summed E-state index contributed by atoms with van der Waals surface area (Å²) in [6.07, 6.45) is -4.94. The molecule has 0 radical (unpaired) electrons. The van der Waals surface area contributed by atoms with Crippen molar-refractivity contribution in [2.75, 3.05) is 13.2 Å². The molecule has 0 bridgehead atoms. The molecule has 0 amide bonds.